The summed E-state index contributed by atoms with van der Waals surface area (Å²) in [7, 11) is 0. The fourth-order valence-corrected chi connectivity index (χ4v) is 0. The molecule has 0 heterocycles. The first-order valence-corrected chi connectivity index (χ1v) is 6.12. The molecule has 0 saturated heterocycles. The van der Waals surface area contributed by atoms with Gasteiger partial charge < -0.3 is 25.5 Å². The number of aliphatic hydroxyl groups is 5. The quantitative estimate of drug-likeness (QED) is 0.435. The molecule has 0 spiro atoms. The maximum Gasteiger partial charge on any atom is 0.0402 e. The zero-order valence-corrected chi connectivity index (χ0v) is 13.6. The molecule has 0 aliphatic heterocycles. The Kier molecular flexibility index (Phi) is 564. The minimum atomic E-state index is 0.250. The highest BCUT2D eigenvalue weighted by Crippen LogP contribution is 1.31. The van der Waals surface area contributed by atoms with Crippen LogP contribution in [0.1, 0.15) is 34.6 Å². The molecular formula is C14H38O5. The highest BCUT2D eigenvalue weighted by molar-refractivity contribution is 4.22. The van der Waals surface area contributed by atoms with Gasteiger partial charge in [0.25, 0.3) is 0 Å². The summed E-state index contributed by atoms with van der Waals surface area (Å²) >= 11 is 0. The molecule has 0 fully saturated rings. The third-order valence-electron chi connectivity index (χ3n) is 0. The van der Waals surface area contributed by atoms with Gasteiger partial charge in [0.05, 0.1) is 0 Å². The van der Waals surface area contributed by atoms with Gasteiger partial charge in [-0.1, -0.05) is 0 Å². The van der Waals surface area contributed by atoms with E-state index in [1.165, 1.54) is 0 Å². The van der Waals surface area contributed by atoms with E-state index in [1.54, 1.807) is 34.6 Å². The summed E-state index contributed by atoms with van der Waals surface area (Å²) in [4.78, 5) is 0. The van der Waals surface area contributed by atoms with Gasteiger partial charge in [-0.15, -0.1) is 26.3 Å². The summed E-state index contributed by atoms with van der Waals surface area (Å²) in [6.07, 6.45) is 0. The Labute approximate surface area is 120 Å². The summed E-state index contributed by atoms with van der Waals surface area (Å²) in [5.74, 6) is 0. The van der Waals surface area contributed by atoms with E-state index in [2.05, 4.69) is 26.3 Å². The van der Waals surface area contributed by atoms with Crippen molar-refractivity contribution in [3.63, 3.8) is 0 Å². The van der Waals surface area contributed by atoms with Crippen LogP contribution in [0.3, 0.4) is 0 Å². The first-order valence-electron chi connectivity index (χ1n) is 6.12. The van der Waals surface area contributed by atoms with Gasteiger partial charge in [-0.05, 0) is 34.6 Å². The van der Waals surface area contributed by atoms with Crippen LogP contribution in [-0.4, -0.2) is 58.6 Å². The van der Waals surface area contributed by atoms with Gasteiger partial charge in [0, 0.05) is 33.0 Å². The first-order chi connectivity index (χ1) is 9.07. The van der Waals surface area contributed by atoms with Crippen molar-refractivity contribution in [1.29, 1.82) is 0 Å². The minimum absolute atomic E-state index is 0.250. The predicted octanol–water partition coefficient (Wildman–Crippen LogP) is 1.60. The van der Waals surface area contributed by atoms with E-state index in [1.807, 2.05) is 0 Å². The van der Waals surface area contributed by atoms with Crippen LogP contribution < -0.4 is 0 Å². The molecule has 0 saturated carbocycles. The molecular weight excluding hydrogens is 248 g/mol. The van der Waals surface area contributed by atoms with Gasteiger partial charge in [-0.3, -0.25) is 0 Å². The van der Waals surface area contributed by atoms with Gasteiger partial charge in [-0.25, -0.2) is 0 Å². The summed E-state index contributed by atoms with van der Waals surface area (Å²) in [6.45, 7) is 21.7. The van der Waals surface area contributed by atoms with E-state index in [0.29, 0.717) is 0 Å². The summed E-state index contributed by atoms with van der Waals surface area (Å²) in [5, 5.41) is 37.8. The highest BCUT2D eigenvalue weighted by atomic mass is 16.3. The summed E-state index contributed by atoms with van der Waals surface area (Å²) < 4.78 is 0. The first kappa shape index (κ1) is 42.9. The van der Waals surface area contributed by atoms with Crippen molar-refractivity contribution in [3.05, 3.63) is 26.3 Å². The number of rotatable bonds is 0. The van der Waals surface area contributed by atoms with Gasteiger partial charge in [0.15, 0.2) is 0 Å². The molecule has 0 aliphatic carbocycles. The lowest BCUT2D eigenvalue weighted by atomic mass is 10.9. The second-order valence-corrected chi connectivity index (χ2v) is 1.58. The Morgan fingerprint density at radius 2 is 0.421 bits per heavy atom. The Balaban J connectivity index is -0.0000000178. The lowest BCUT2D eigenvalue weighted by molar-refractivity contribution is 0.318. The topological polar surface area (TPSA) is 101 Å². The number of hydrogen-bond donors (Lipinski definition) is 5. The van der Waals surface area contributed by atoms with E-state index in [9.17, 15) is 0 Å². The predicted molar refractivity (Wildman–Crippen MR) is 86.3 cm³/mol. The number of hydrogen-bond acceptors (Lipinski definition) is 5. The minimum Gasteiger partial charge on any atom is -0.397 e. The van der Waals surface area contributed by atoms with Gasteiger partial charge in [-0.2, -0.15) is 0 Å². The Bertz CT molecular complexity index is 41.5. The molecule has 0 aromatic carbocycles. The van der Waals surface area contributed by atoms with Crippen molar-refractivity contribution in [1.82, 2.24) is 0 Å². The van der Waals surface area contributed by atoms with Crippen LogP contribution in [0.5, 0.6) is 0 Å². The van der Waals surface area contributed by atoms with Crippen molar-refractivity contribution < 1.29 is 25.5 Å². The van der Waals surface area contributed by atoms with Crippen molar-refractivity contribution in [2.45, 2.75) is 34.6 Å². The molecule has 5 nitrogen and oxygen atoms in total. The van der Waals surface area contributed by atoms with Crippen molar-refractivity contribution in [2.75, 3.05) is 33.0 Å². The third kappa shape index (κ3) is 7780. The smallest absolute Gasteiger partial charge is 0.0402 e. The van der Waals surface area contributed by atoms with Crippen LogP contribution in [0, 0.1) is 0 Å². The molecule has 0 atom stereocenters. The highest BCUT2D eigenvalue weighted by Gasteiger charge is 1.35. The van der Waals surface area contributed by atoms with Crippen LogP contribution in [0.25, 0.3) is 0 Å². The lowest BCUT2D eigenvalue weighted by Gasteiger charge is -1.52. The average molecular weight is 286 g/mol. The van der Waals surface area contributed by atoms with Crippen LogP contribution in [-0.2, 0) is 0 Å². The SMILES string of the molecule is C=C.C=C.CCO.CCO.CCO.CCO.CCO. The Hall–Kier alpha value is -0.720. The van der Waals surface area contributed by atoms with Gasteiger partial charge in [0.2, 0.25) is 0 Å². The zero-order valence-electron chi connectivity index (χ0n) is 13.6. The van der Waals surface area contributed by atoms with E-state index < -0.39 is 0 Å². The second kappa shape index (κ2) is 250. The molecule has 0 aromatic rings. The largest absolute Gasteiger partial charge is 0.397 e. The Morgan fingerprint density at radius 3 is 0.421 bits per heavy atom. The van der Waals surface area contributed by atoms with Gasteiger partial charge in [0.1, 0.15) is 0 Å². The molecule has 0 unspecified atom stereocenters. The zero-order chi connectivity index (χ0) is 17.5. The fraction of sp³-hybridized carbons (Fsp3) is 0.714. The molecule has 5 N–H and O–H groups in total. The van der Waals surface area contributed by atoms with E-state index in [0.717, 1.165) is 0 Å². The third-order valence-corrected chi connectivity index (χ3v) is 0. The van der Waals surface area contributed by atoms with Crippen molar-refractivity contribution in [3.8, 4) is 0 Å². The molecule has 0 aromatic heterocycles. The normalized spacial score (nSPS) is 5.16. The van der Waals surface area contributed by atoms with Crippen molar-refractivity contribution in [2.24, 2.45) is 0 Å². The van der Waals surface area contributed by atoms with E-state index >= 15 is 0 Å². The maximum atomic E-state index is 7.57. The van der Waals surface area contributed by atoms with Crippen molar-refractivity contribution >= 4 is 0 Å². The monoisotopic (exact) mass is 286 g/mol. The molecule has 0 bridgehead atoms. The molecule has 124 valence electrons. The van der Waals surface area contributed by atoms with Crippen LogP contribution in [0.4, 0.5) is 0 Å². The summed E-state index contributed by atoms with van der Waals surface area (Å²) in [6, 6.07) is 0. The van der Waals surface area contributed by atoms with Crippen LogP contribution >= 0.6 is 0 Å². The maximum absolute atomic E-state index is 7.57. The Morgan fingerprint density at radius 1 is 0.421 bits per heavy atom. The molecule has 0 amide bonds. The van der Waals surface area contributed by atoms with Gasteiger partial charge >= 0.3 is 0 Å². The molecule has 19 heavy (non-hydrogen) atoms. The summed E-state index contributed by atoms with van der Waals surface area (Å²) in [5.41, 5.74) is 0. The average Bonchev–Trinajstić information content (AvgIpc) is 2.38. The standard InChI is InChI=1S/5C2H6O.2C2H4/c5*1-2-3;2*1-2/h5*3H,2H2,1H3;2*1-2H2. The molecule has 5 heteroatoms. The van der Waals surface area contributed by atoms with Crippen LogP contribution in [0.2, 0.25) is 0 Å². The fourth-order valence-electron chi connectivity index (χ4n) is 0. The molecule has 0 aliphatic rings. The molecule has 0 rings (SSSR count). The van der Waals surface area contributed by atoms with Crippen LogP contribution in [0.15, 0.2) is 26.3 Å². The lowest BCUT2D eigenvalue weighted by Crippen LogP contribution is -1.57. The molecule has 0 radical (unpaired) electrons. The van der Waals surface area contributed by atoms with E-state index in [4.69, 9.17) is 25.5 Å². The van der Waals surface area contributed by atoms with E-state index in [-0.39, 0.29) is 33.0 Å². The number of aliphatic hydroxyl groups excluding tert-OH is 5. The second-order valence-electron chi connectivity index (χ2n) is 1.58.